The Morgan fingerprint density at radius 3 is 2.91 bits per heavy atom. The summed E-state index contributed by atoms with van der Waals surface area (Å²) >= 11 is 0. The smallest absolute Gasteiger partial charge is 0.311 e. The van der Waals surface area contributed by atoms with Gasteiger partial charge in [0.25, 0.3) is 0 Å². The van der Waals surface area contributed by atoms with Crippen molar-refractivity contribution in [2.24, 2.45) is 5.73 Å². The quantitative estimate of drug-likeness (QED) is 0.591. The number of carbonyl (C=O) groups is 1. The number of benzene rings is 1. The molecule has 0 saturated carbocycles. The molecular weight excluding hydrogens is 290 g/mol. The fourth-order valence-electron chi connectivity index (χ4n) is 2.36. The molecule has 1 heterocycles. The standard InChI is InChI=1S/C14H19N3O5/c1-21-12-4-2-9(6-11(12)17(19)20)8-16-14(18)13-5-3-10(7-15)22-13/h2,4,6,10,13H,3,5,7-8,15H2,1H3,(H,16,18)/t10-,13+/m1/s1. The molecule has 2 rings (SSSR count). The Balaban J connectivity index is 1.95. The molecule has 1 aliphatic rings. The number of nitro groups is 1. The van der Waals surface area contributed by atoms with Crippen molar-refractivity contribution in [1.82, 2.24) is 5.32 Å². The number of rotatable bonds is 6. The molecule has 0 aromatic heterocycles. The van der Waals surface area contributed by atoms with Crippen LogP contribution in [0.4, 0.5) is 5.69 Å². The number of ether oxygens (including phenoxy) is 2. The lowest BCUT2D eigenvalue weighted by Crippen LogP contribution is -2.35. The maximum absolute atomic E-state index is 12.0. The van der Waals surface area contributed by atoms with Crippen LogP contribution < -0.4 is 15.8 Å². The molecular formula is C14H19N3O5. The zero-order chi connectivity index (χ0) is 16.1. The van der Waals surface area contributed by atoms with Crippen LogP contribution >= 0.6 is 0 Å². The van der Waals surface area contributed by atoms with Crippen LogP contribution in [0.2, 0.25) is 0 Å². The lowest BCUT2D eigenvalue weighted by atomic mass is 10.1. The molecule has 8 heteroatoms. The lowest BCUT2D eigenvalue weighted by molar-refractivity contribution is -0.385. The minimum absolute atomic E-state index is 0.0715. The zero-order valence-corrected chi connectivity index (χ0v) is 12.3. The van der Waals surface area contributed by atoms with Crippen LogP contribution in [0.3, 0.4) is 0 Å². The second-order valence-electron chi connectivity index (χ2n) is 5.04. The van der Waals surface area contributed by atoms with Gasteiger partial charge in [0.2, 0.25) is 5.91 Å². The number of hydrogen-bond acceptors (Lipinski definition) is 6. The van der Waals surface area contributed by atoms with Gasteiger partial charge in [0, 0.05) is 19.2 Å². The second-order valence-corrected chi connectivity index (χ2v) is 5.04. The van der Waals surface area contributed by atoms with Gasteiger partial charge in [-0.15, -0.1) is 0 Å². The van der Waals surface area contributed by atoms with Crippen LogP contribution in [0.15, 0.2) is 18.2 Å². The molecule has 0 radical (unpaired) electrons. The first-order chi connectivity index (χ1) is 10.5. The largest absolute Gasteiger partial charge is 0.490 e. The zero-order valence-electron chi connectivity index (χ0n) is 12.3. The maximum Gasteiger partial charge on any atom is 0.311 e. The van der Waals surface area contributed by atoms with Crippen LogP contribution in [0.5, 0.6) is 5.75 Å². The van der Waals surface area contributed by atoms with Gasteiger partial charge >= 0.3 is 5.69 Å². The van der Waals surface area contributed by atoms with Crippen molar-refractivity contribution in [3.05, 3.63) is 33.9 Å². The third-order valence-corrected chi connectivity index (χ3v) is 3.57. The Morgan fingerprint density at radius 1 is 1.55 bits per heavy atom. The number of amides is 1. The molecule has 0 bridgehead atoms. The van der Waals surface area contributed by atoms with Gasteiger partial charge in [-0.3, -0.25) is 14.9 Å². The monoisotopic (exact) mass is 309 g/mol. The highest BCUT2D eigenvalue weighted by Crippen LogP contribution is 2.27. The van der Waals surface area contributed by atoms with Gasteiger partial charge in [0.1, 0.15) is 6.10 Å². The summed E-state index contributed by atoms with van der Waals surface area (Å²) in [6, 6.07) is 4.57. The van der Waals surface area contributed by atoms with Crippen LogP contribution in [0.25, 0.3) is 0 Å². The topological polar surface area (TPSA) is 117 Å². The summed E-state index contributed by atoms with van der Waals surface area (Å²) in [7, 11) is 1.37. The highest BCUT2D eigenvalue weighted by Gasteiger charge is 2.29. The van der Waals surface area contributed by atoms with Crippen molar-refractivity contribution in [1.29, 1.82) is 0 Å². The lowest BCUT2D eigenvalue weighted by Gasteiger charge is -2.13. The number of nitro benzene ring substituents is 1. The maximum atomic E-state index is 12.0. The van der Waals surface area contributed by atoms with Crippen molar-refractivity contribution in [2.45, 2.75) is 31.6 Å². The predicted octanol–water partition coefficient (Wildman–Crippen LogP) is 0.726. The van der Waals surface area contributed by atoms with E-state index in [1.807, 2.05) is 0 Å². The van der Waals surface area contributed by atoms with Gasteiger partial charge in [-0.2, -0.15) is 0 Å². The third-order valence-electron chi connectivity index (χ3n) is 3.57. The van der Waals surface area contributed by atoms with E-state index >= 15 is 0 Å². The normalized spacial score (nSPS) is 20.6. The Bertz CT molecular complexity index is 563. The van der Waals surface area contributed by atoms with E-state index in [0.29, 0.717) is 18.5 Å². The molecule has 3 N–H and O–H groups in total. The van der Waals surface area contributed by atoms with E-state index in [-0.39, 0.29) is 30.0 Å². The molecule has 1 amide bonds. The van der Waals surface area contributed by atoms with Crippen molar-refractivity contribution in [3.8, 4) is 5.75 Å². The minimum atomic E-state index is -0.518. The summed E-state index contributed by atoms with van der Waals surface area (Å²) in [5, 5.41) is 13.7. The average molecular weight is 309 g/mol. The number of nitrogens with zero attached hydrogens (tertiary/aromatic N) is 1. The van der Waals surface area contributed by atoms with Crippen LogP contribution in [0, 0.1) is 10.1 Å². The first kappa shape index (κ1) is 16.2. The van der Waals surface area contributed by atoms with E-state index in [1.165, 1.54) is 19.2 Å². The van der Waals surface area contributed by atoms with Gasteiger partial charge in [-0.25, -0.2) is 0 Å². The van der Waals surface area contributed by atoms with Gasteiger partial charge in [0.05, 0.1) is 18.1 Å². The number of nitrogens with one attached hydrogen (secondary N) is 1. The third kappa shape index (κ3) is 3.71. The van der Waals surface area contributed by atoms with Gasteiger partial charge in [-0.05, 0) is 24.5 Å². The molecule has 1 aliphatic heterocycles. The van der Waals surface area contributed by atoms with Crippen LogP contribution in [0.1, 0.15) is 18.4 Å². The fourth-order valence-corrected chi connectivity index (χ4v) is 2.36. The van der Waals surface area contributed by atoms with Crippen molar-refractivity contribution in [2.75, 3.05) is 13.7 Å². The number of hydrogen-bond donors (Lipinski definition) is 2. The summed E-state index contributed by atoms with van der Waals surface area (Å²) < 4.78 is 10.4. The second kappa shape index (κ2) is 7.19. The summed E-state index contributed by atoms with van der Waals surface area (Å²) in [5.41, 5.74) is 5.99. The Kier molecular flexibility index (Phi) is 5.29. The first-order valence-electron chi connectivity index (χ1n) is 6.99. The molecule has 1 fully saturated rings. The molecule has 8 nitrogen and oxygen atoms in total. The van der Waals surface area contributed by atoms with Gasteiger partial charge < -0.3 is 20.5 Å². The van der Waals surface area contributed by atoms with Crippen LogP contribution in [-0.2, 0) is 16.1 Å². The van der Waals surface area contributed by atoms with Crippen LogP contribution in [-0.4, -0.2) is 36.7 Å². The number of carbonyl (C=O) groups excluding carboxylic acids is 1. The van der Waals surface area contributed by atoms with Gasteiger partial charge in [-0.1, -0.05) is 6.07 Å². The SMILES string of the molecule is COc1ccc(CNC(=O)[C@@H]2CC[C@H](CN)O2)cc1[N+](=O)[O-]. The first-order valence-corrected chi connectivity index (χ1v) is 6.99. The molecule has 0 unspecified atom stereocenters. The summed E-state index contributed by atoms with van der Waals surface area (Å²) in [6.07, 6.45) is 0.832. The Labute approximate surface area is 127 Å². The minimum Gasteiger partial charge on any atom is -0.490 e. The Morgan fingerprint density at radius 2 is 2.32 bits per heavy atom. The average Bonchev–Trinajstić information content (AvgIpc) is 3.01. The van der Waals surface area contributed by atoms with E-state index in [1.54, 1.807) is 6.07 Å². The summed E-state index contributed by atoms with van der Waals surface area (Å²) in [4.78, 5) is 22.4. The van der Waals surface area contributed by atoms with E-state index in [4.69, 9.17) is 15.2 Å². The fraction of sp³-hybridized carbons (Fsp3) is 0.500. The van der Waals surface area contributed by atoms with Gasteiger partial charge in [0.15, 0.2) is 5.75 Å². The summed E-state index contributed by atoms with van der Waals surface area (Å²) in [6.45, 7) is 0.589. The molecule has 22 heavy (non-hydrogen) atoms. The molecule has 1 aromatic carbocycles. The predicted molar refractivity (Wildman–Crippen MR) is 78.4 cm³/mol. The number of nitrogens with two attached hydrogens (primary N) is 1. The molecule has 2 atom stereocenters. The highest BCUT2D eigenvalue weighted by atomic mass is 16.6. The highest BCUT2D eigenvalue weighted by molar-refractivity contribution is 5.81. The summed E-state index contributed by atoms with van der Waals surface area (Å²) in [5.74, 6) is -0.0422. The van der Waals surface area contributed by atoms with Crippen molar-refractivity contribution < 1.29 is 19.2 Å². The molecule has 1 aromatic rings. The number of methoxy groups -OCH3 is 1. The molecule has 0 aliphatic carbocycles. The van der Waals surface area contributed by atoms with E-state index in [2.05, 4.69) is 5.32 Å². The van der Waals surface area contributed by atoms with E-state index < -0.39 is 11.0 Å². The molecule has 0 spiro atoms. The molecule has 120 valence electrons. The van der Waals surface area contributed by atoms with E-state index in [0.717, 1.165) is 6.42 Å². The Hall–Kier alpha value is -2.19. The molecule has 1 saturated heterocycles. The van der Waals surface area contributed by atoms with E-state index in [9.17, 15) is 14.9 Å². The van der Waals surface area contributed by atoms with Crippen molar-refractivity contribution in [3.63, 3.8) is 0 Å². The van der Waals surface area contributed by atoms with Crippen molar-refractivity contribution >= 4 is 11.6 Å².